The summed E-state index contributed by atoms with van der Waals surface area (Å²) in [6.07, 6.45) is 5.13. The molecule has 0 aliphatic carbocycles. The number of nitrogens with zero attached hydrogens (tertiary/aromatic N) is 1. The SMILES string of the molecule is CS(=O)(=O)N(CC(=O)NCCc1c[nH]c2ccccc12)Cc1ccco1. The Morgan fingerprint density at radius 1 is 1.23 bits per heavy atom. The summed E-state index contributed by atoms with van der Waals surface area (Å²) in [7, 11) is -3.53. The average molecular weight is 375 g/mol. The van der Waals surface area contributed by atoms with Gasteiger partial charge in [0.1, 0.15) is 5.76 Å². The highest BCUT2D eigenvalue weighted by atomic mass is 32.2. The Hall–Kier alpha value is -2.58. The summed E-state index contributed by atoms with van der Waals surface area (Å²) in [4.78, 5) is 15.4. The molecular weight excluding hydrogens is 354 g/mol. The van der Waals surface area contributed by atoms with Crippen LogP contribution in [0.5, 0.6) is 0 Å². The number of fused-ring (bicyclic) bond motifs is 1. The number of nitrogens with one attached hydrogen (secondary N) is 2. The third kappa shape index (κ3) is 4.53. The highest BCUT2D eigenvalue weighted by molar-refractivity contribution is 7.88. The summed E-state index contributed by atoms with van der Waals surface area (Å²) in [5, 5.41) is 3.90. The van der Waals surface area contributed by atoms with Gasteiger partial charge in [-0.3, -0.25) is 4.79 Å². The molecule has 0 aliphatic heterocycles. The number of sulfonamides is 1. The summed E-state index contributed by atoms with van der Waals surface area (Å²) in [6, 6.07) is 11.3. The molecule has 7 nitrogen and oxygen atoms in total. The van der Waals surface area contributed by atoms with Crippen molar-refractivity contribution in [1.82, 2.24) is 14.6 Å². The van der Waals surface area contributed by atoms with E-state index in [2.05, 4.69) is 10.3 Å². The molecule has 0 saturated carbocycles. The number of furan rings is 1. The van der Waals surface area contributed by atoms with Gasteiger partial charge >= 0.3 is 0 Å². The zero-order chi connectivity index (χ0) is 18.6. The van der Waals surface area contributed by atoms with Crippen molar-refractivity contribution in [3.8, 4) is 0 Å². The Morgan fingerprint density at radius 3 is 2.77 bits per heavy atom. The summed E-state index contributed by atoms with van der Waals surface area (Å²) in [5.74, 6) is 0.142. The van der Waals surface area contributed by atoms with Gasteiger partial charge in [0.15, 0.2) is 0 Å². The number of carbonyl (C=O) groups is 1. The molecule has 0 radical (unpaired) electrons. The van der Waals surface area contributed by atoms with Crippen LogP contribution >= 0.6 is 0 Å². The van der Waals surface area contributed by atoms with Crippen molar-refractivity contribution in [2.75, 3.05) is 19.3 Å². The predicted molar refractivity (Wildman–Crippen MR) is 99.0 cm³/mol. The van der Waals surface area contributed by atoms with E-state index in [0.29, 0.717) is 18.7 Å². The molecule has 0 spiro atoms. The lowest BCUT2D eigenvalue weighted by Gasteiger charge is -2.18. The summed E-state index contributed by atoms with van der Waals surface area (Å²) in [5.41, 5.74) is 2.16. The summed E-state index contributed by atoms with van der Waals surface area (Å²) in [6.45, 7) is 0.216. The highest BCUT2D eigenvalue weighted by Crippen LogP contribution is 2.17. The van der Waals surface area contributed by atoms with Gasteiger partial charge in [-0.1, -0.05) is 18.2 Å². The molecule has 1 amide bonds. The van der Waals surface area contributed by atoms with E-state index in [4.69, 9.17) is 4.42 Å². The molecule has 0 aliphatic rings. The molecule has 0 bridgehead atoms. The molecule has 0 fully saturated rings. The van der Waals surface area contributed by atoms with Crippen molar-refractivity contribution in [1.29, 1.82) is 0 Å². The van der Waals surface area contributed by atoms with Crippen LogP contribution in [0.3, 0.4) is 0 Å². The van der Waals surface area contributed by atoms with Crippen molar-refractivity contribution < 1.29 is 17.6 Å². The number of H-pyrrole nitrogens is 1. The molecule has 2 N–H and O–H groups in total. The van der Waals surface area contributed by atoms with Crippen LogP contribution in [0.15, 0.2) is 53.3 Å². The number of aromatic amines is 1. The molecule has 3 rings (SSSR count). The maximum Gasteiger partial charge on any atom is 0.235 e. The smallest absolute Gasteiger partial charge is 0.235 e. The maximum atomic E-state index is 12.2. The molecule has 138 valence electrons. The first kappa shape index (κ1) is 18.2. The fourth-order valence-electron chi connectivity index (χ4n) is 2.76. The second-order valence-electron chi connectivity index (χ2n) is 6.07. The van der Waals surface area contributed by atoms with Gasteiger partial charge in [-0.05, 0) is 30.2 Å². The van der Waals surface area contributed by atoms with Gasteiger partial charge in [0.05, 0.1) is 25.6 Å². The average Bonchev–Trinajstić information content (AvgIpc) is 3.23. The van der Waals surface area contributed by atoms with E-state index in [1.54, 1.807) is 12.1 Å². The number of rotatable bonds is 8. The minimum atomic E-state index is -3.53. The summed E-state index contributed by atoms with van der Waals surface area (Å²) >= 11 is 0. The first-order valence-corrected chi connectivity index (χ1v) is 10.1. The van der Waals surface area contributed by atoms with Crippen molar-refractivity contribution in [3.63, 3.8) is 0 Å². The van der Waals surface area contributed by atoms with Gasteiger partial charge in [0, 0.05) is 23.6 Å². The van der Waals surface area contributed by atoms with E-state index < -0.39 is 10.0 Å². The van der Waals surface area contributed by atoms with Crippen LogP contribution in [0.25, 0.3) is 10.9 Å². The molecule has 26 heavy (non-hydrogen) atoms. The van der Waals surface area contributed by atoms with Crippen LogP contribution in [0.2, 0.25) is 0 Å². The number of hydrogen-bond donors (Lipinski definition) is 2. The standard InChI is InChI=1S/C18H21N3O4S/c1-26(23,24)21(12-15-5-4-10-25-15)13-18(22)19-9-8-14-11-20-17-7-3-2-6-16(14)17/h2-7,10-11,20H,8-9,12-13H2,1H3,(H,19,22). The van der Waals surface area contributed by atoms with Gasteiger partial charge < -0.3 is 14.7 Å². The van der Waals surface area contributed by atoms with Crippen molar-refractivity contribution in [2.24, 2.45) is 0 Å². The topological polar surface area (TPSA) is 95.4 Å². The lowest BCUT2D eigenvalue weighted by atomic mass is 10.1. The number of carbonyl (C=O) groups excluding carboxylic acids is 1. The largest absolute Gasteiger partial charge is 0.468 e. The molecule has 0 atom stereocenters. The maximum absolute atomic E-state index is 12.2. The molecule has 0 unspecified atom stereocenters. The minimum Gasteiger partial charge on any atom is -0.468 e. The summed E-state index contributed by atoms with van der Waals surface area (Å²) < 4.78 is 30.1. The number of benzene rings is 1. The third-order valence-corrected chi connectivity index (χ3v) is 5.29. The quantitative estimate of drug-likeness (QED) is 0.628. The highest BCUT2D eigenvalue weighted by Gasteiger charge is 2.21. The van der Waals surface area contributed by atoms with Gasteiger partial charge in [-0.2, -0.15) is 4.31 Å². The Balaban J connectivity index is 1.55. The van der Waals surface area contributed by atoms with Gasteiger partial charge in [-0.15, -0.1) is 0 Å². The van der Waals surface area contributed by atoms with E-state index in [1.807, 2.05) is 30.5 Å². The van der Waals surface area contributed by atoms with Crippen molar-refractivity contribution >= 4 is 26.8 Å². The monoisotopic (exact) mass is 375 g/mol. The van der Waals surface area contributed by atoms with Gasteiger partial charge in [0.25, 0.3) is 0 Å². The molecule has 2 heterocycles. The first-order valence-electron chi connectivity index (χ1n) is 8.22. The van der Waals surface area contributed by atoms with Crippen LogP contribution in [0, 0.1) is 0 Å². The molecule has 1 aromatic carbocycles. The molecule has 3 aromatic rings. The third-order valence-electron chi connectivity index (χ3n) is 4.09. The molecule has 8 heteroatoms. The lowest BCUT2D eigenvalue weighted by molar-refractivity contribution is -0.121. The van der Waals surface area contributed by atoms with Crippen LogP contribution in [0.4, 0.5) is 0 Å². The van der Waals surface area contributed by atoms with E-state index in [9.17, 15) is 13.2 Å². The Morgan fingerprint density at radius 2 is 2.04 bits per heavy atom. The van der Waals surface area contributed by atoms with Crippen molar-refractivity contribution in [2.45, 2.75) is 13.0 Å². The fourth-order valence-corrected chi connectivity index (χ4v) is 3.47. The van der Waals surface area contributed by atoms with Crippen LogP contribution < -0.4 is 5.32 Å². The van der Waals surface area contributed by atoms with Crippen molar-refractivity contribution in [3.05, 3.63) is 60.2 Å². The fraction of sp³-hybridized carbons (Fsp3) is 0.278. The lowest BCUT2D eigenvalue weighted by Crippen LogP contribution is -2.40. The van der Waals surface area contributed by atoms with Gasteiger partial charge in [0.2, 0.25) is 15.9 Å². The Labute approximate surface area is 152 Å². The number of para-hydroxylation sites is 1. The van der Waals surface area contributed by atoms with Crippen LogP contribution in [-0.2, 0) is 27.8 Å². The molecule has 0 saturated heterocycles. The Kier molecular flexibility index (Phi) is 5.43. The van der Waals surface area contributed by atoms with Gasteiger partial charge in [-0.25, -0.2) is 8.42 Å². The second-order valence-corrected chi connectivity index (χ2v) is 8.05. The zero-order valence-corrected chi connectivity index (χ0v) is 15.3. The molecular formula is C18H21N3O4S. The van der Waals surface area contributed by atoms with E-state index in [-0.39, 0.29) is 19.0 Å². The second kappa shape index (κ2) is 7.76. The number of hydrogen-bond acceptors (Lipinski definition) is 4. The van der Waals surface area contributed by atoms with E-state index >= 15 is 0 Å². The van der Waals surface area contributed by atoms with E-state index in [0.717, 1.165) is 27.0 Å². The first-order chi connectivity index (χ1) is 12.4. The Bertz CT molecular complexity index is 977. The number of amides is 1. The predicted octanol–water partition coefficient (Wildman–Crippen LogP) is 1.88. The van der Waals surface area contributed by atoms with Crippen LogP contribution in [-0.4, -0.2) is 43.0 Å². The minimum absolute atomic E-state index is 0.0295. The molecule has 2 aromatic heterocycles. The van der Waals surface area contributed by atoms with Crippen LogP contribution in [0.1, 0.15) is 11.3 Å². The number of aromatic nitrogens is 1. The normalized spacial score (nSPS) is 11.9. The van der Waals surface area contributed by atoms with E-state index in [1.165, 1.54) is 6.26 Å². The zero-order valence-electron chi connectivity index (χ0n) is 14.4.